The van der Waals surface area contributed by atoms with Crippen molar-refractivity contribution in [3.63, 3.8) is 0 Å². The molecule has 0 aliphatic rings. The van der Waals surface area contributed by atoms with Crippen molar-refractivity contribution in [2.75, 3.05) is 0 Å². The van der Waals surface area contributed by atoms with Crippen LogP contribution < -0.4 is 10.1 Å². The molecule has 2 aromatic carbocycles. The molecule has 2 atom stereocenters. The maximum atomic E-state index is 12.8. The van der Waals surface area contributed by atoms with Gasteiger partial charge >= 0.3 is 0 Å². The Hall–Kier alpha value is -2.29. The predicted octanol–water partition coefficient (Wildman–Crippen LogP) is 5.94. The van der Waals surface area contributed by atoms with Crippen molar-refractivity contribution in [2.45, 2.75) is 79.4 Å². The van der Waals surface area contributed by atoms with Gasteiger partial charge in [0.05, 0.1) is 6.04 Å². The van der Waals surface area contributed by atoms with Crippen LogP contribution in [0.1, 0.15) is 74.9 Å². The summed E-state index contributed by atoms with van der Waals surface area (Å²) in [5.74, 6) is 0.650. The van der Waals surface area contributed by atoms with E-state index in [0.717, 1.165) is 11.3 Å². The molecule has 0 bridgehead atoms. The van der Waals surface area contributed by atoms with Gasteiger partial charge in [-0.3, -0.25) is 4.79 Å². The number of amides is 1. The normalized spacial score (nSPS) is 13.7. The Kier molecular flexibility index (Phi) is 6.92. The number of nitrogens with one attached hydrogen (secondary N) is 1. The van der Waals surface area contributed by atoms with Gasteiger partial charge in [-0.15, -0.1) is 0 Å². The van der Waals surface area contributed by atoms with Gasteiger partial charge in [0, 0.05) is 0 Å². The highest BCUT2D eigenvalue weighted by atomic mass is 16.5. The average molecular weight is 382 g/mol. The second kappa shape index (κ2) is 8.81. The Morgan fingerprint density at radius 3 is 2.11 bits per heavy atom. The second-order valence-corrected chi connectivity index (χ2v) is 8.81. The molecule has 0 fully saturated rings. The molecule has 0 aromatic heterocycles. The van der Waals surface area contributed by atoms with Crippen LogP contribution in [0.15, 0.2) is 36.4 Å². The van der Waals surface area contributed by atoms with Crippen LogP contribution in [0.5, 0.6) is 5.75 Å². The van der Waals surface area contributed by atoms with E-state index in [1.807, 2.05) is 26.0 Å². The molecule has 3 heteroatoms. The molecule has 2 aromatic rings. The zero-order chi connectivity index (χ0) is 21.1. The maximum Gasteiger partial charge on any atom is 0.261 e. The summed E-state index contributed by atoms with van der Waals surface area (Å²) >= 11 is 0. The van der Waals surface area contributed by atoms with Crippen LogP contribution in [0.25, 0.3) is 0 Å². The first kappa shape index (κ1) is 22.0. The number of rotatable bonds is 6. The lowest BCUT2D eigenvalue weighted by Gasteiger charge is -2.23. The lowest BCUT2D eigenvalue weighted by molar-refractivity contribution is -0.128. The summed E-state index contributed by atoms with van der Waals surface area (Å²) in [6.45, 7) is 16.9. The minimum absolute atomic E-state index is 0.0623. The number of benzene rings is 2. The van der Waals surface area contributed by atoms with Gasteiger partial charge in [-0.05, 0) is 79.5 Å². The van der Waals surface area contributed by atoms with Crippen LogP contribution in [-0.2, 0) is 10.2 Å². The van der Waals surface area contributed by atoms with Crippen LogP contribution in [0.3, 0.4) is 0 Å². The highest BCUT2D eigenvalue weighted by molar-refractivity contribution is 5.81. The maximum absolute atomic E-state index is 12.8. The molecular weight excluding hydrogens is 346 g/mol. The topological polar surface area (TPSA) is 38.3 Å². The van der Waals surface area contributed by atoms with Gasteiger partial charge in [-0.1, -0.05) is 52.0 Å². The fourth-order valence-electron chi connectivity index (χ4n) is 3.35. The van der Waals surface area contributed by atoms with Gasteiger partial charge in [0.15, 0.2) is 6.10 Å². The lowest BCUT2D eigenvalue weighted by Crippen LogP contribution is -2.39. The molecule has 0 unspecified atom stereocenters. The Balaban J connectivity index is 2.08. The Labute approximate surface area is 170 Å². The van der Waals surface area contributed by atoms with Crippen LogP contribution in [0, 0.1) is 20.8 Å². The minimum Gasteiger partial charge on any atom is -0.481 e. The summed E-state index contributed by atoms with van der Waals surface area (Å²) in [6.07, 6.45) is 0.112. The first-order valence-corrected chi connectivity index (χ1v) is 10.2. The number of ether oxygens (including phenoxy) is 1. The average Bonchev–Trinajstić information content (AvgIpc) is 2.62. The van der Waals surface area contributed by atoms with E-state index >= 15 is 0 Å². The van der Waals surface area contributed by atoms with E-state index in [0.29, 0.717) is 6.42 Å². The van der Waals surface area contributed by atoms with E-state index in [-0.39, 0.29) is 17.4 Å². The summed E-state index contributed by atoms with van der Waals surface area (Å²) in [7, 11) is 0. The van der Waals surface area contributed by atoms with E-state index in [2.05, 4.69) is 71.1 Å². The number of carbonyl (C=O) groups excluding carboxylic acids is 1. The van der Waals surface area contributed by atoms with Crippen molar-refractivity contribution in [3.8, 4) is 5.75 Å². The van der Waals surface area contributed by atoms with Crippen LogP contribution in [0.4, 0.5) is 0 Å². The molecule has 0 saturated heterocycles. The molecule has 0 saturated carbocycles. The number of hydrogen-bond donors (Lipinski definition) is 1. The van der Waals surface area contributed by atoms with Crippen molar-refractivity contribution in [1.82, 2.24) is 5.32 Å². The molecule has 0 radical (unpaired) electrons. The smallest absolute Gasteiger partial charge is 0.261 e. The van der Waals surface area contributed by atoms with Gasteiger partial charge in [0.1, 0.15) is 5.75 Å². The van der Waals surface area contributed by atoms with Gasteiger partial charge in [0.25, 0.3) is 5.91 Å². The summed E-state index contributed by atoms with van der Waals surface area (Å²) < 4.78 is 5.99. The lowest BCUT2D eigenvalue weighted by atomic mass is 9.87. The Morgan fingerprint density at radius 2 is 1.57 bits per heavy atom. The third-order valence-electron chi connectivity index (χ3n) is 5.37. The van der Waals surface area contributed by atoms with Gasteiger partial charge < -0.3 is 10.1 Å². The highest BCUT2D eigenvalue weighted by Gasteiger charge is 2.22. The third kappa shape index (κ3) is 5.37. The standard InChI is InChI=1S/C25H35NO2/c1-9-23(28-21-12-10-20(11-13-21)25(6,7)8)24(27)26-19(5)22-15-17(3)16(2)14-18(22)4/h10-15,19,23H,9H2,1-8H3,(H,26,27)/t19-,23+/m1/s1. The van der Waals surface area contributed by atoms with E-state index in [1.54, 1.807) is 0 Å². The first-order chi connectivity index (χ1) is 13.0. The van der Waals surface area contributed by atoms with Crippen LogP contribution in [0.2, 0.25) is 0 Å². The molecular formula is C25H35NO2. The summed E-state index contributed by atoms with van der Waals surface area (Å²) in [5, 5.41) is 3.13. The van der Waals surface area contributed by atoms with Gasteiger partial charge in [-0.2, -0.15) is 0 Å². The fraction of sp³-hybridized carbons (Fsp3) is 0.480. The zero-order valence-corrected chi connectivity index (χ0v) is 18.6. The first-order valence-electron chi connectivity index (χ1n) is 10.2. The molecule has 0 aliphatic carbocycles. The van der Waals surface area contributed by atoms with Crippen molar-refractivity contribution < 1.29 is 9.53 Å². The molecule has 1 amide bonds. The molecule has 0 aliphatic heterocycles. The number of aryl methyl sites for hydroxylation is 3. The van der Waals surface area contributed by atoms with Gasteiger partial charge in [-0.25, -0.2) is 0 Å². The minimum atomic E-state index is -0.505. The third-order valence-corrected chi connectivity index (χ3v) is 5.37. The van der Waals surface area contributed by atoms with Crippen molar-refractivity contribution in [3.05, 3.63) is 64.2 Å². The summed E-state index contributed by atoms with van der Waals surface area (Å²) in [5.41, 5.74) is 6.20. The molecule has 2 rings (SSSR count). The van der Waals surface area contributed by atoms with Crippen molar-refractivity contribution >= 4 is 5.91 Å². The van der Waals surface area contributed by atoms with Crippen molar-refractivity contribution in [2.24, 2.45) is 0 Å². The van der Waals surface area contributed by atoms with E-state index in [1.165, 1.54) is 22.3 Å². The van der Waals surface area contributed by atoms with Crippen molar-refractivity contribution in [1.29, 1.82) is 0 Å². The summed E-state index contributed by atoms with van der Waals surface area (Å²) in [4.78, 5) is 12.8. The quantitative estimate of drug-likeness (QED) is 0.672. The number of carbonyl (C=O) groups is 1. The van der Waals surface area contributed by atoms with E-state index in [9.17, 15) is 4.79 Å². The Morgan fingerprint density at radius 1 is 1.00 bits per heavy atom. The van der Waals surface area contributed by atoms with E-state index < -0.39 is 6.10 Å². The Bertz CT molecular complexity index is 816. The summed E-state index contributed by atoms with van der Waals surface area (Å²) in [6, 6.07) is 12.3. The number of hydrogen-bond acceptors (Lipinski definition) is 2. The van der Waals surface area contributed by atoms with Crippen LogP contribution in [-0.4, -0.2) is 12.0 Å². The highest BCUT2D eigenvalue weighted by Crippen LogP contribution is 2.25. The molecule has 152 valence electrons. The van der Waals surface area contributed by atoms with Gasteiger partial charge in [0.2, 0.25) is 0 Å². The molecule has 0 heterocycles. The SMILES string of the molecule is CC[C@H](Oc1ccc(C(C)(C)C)cc1)C(=O)N[C@H](C)c1cc(C)c(C)cc1C. The zero-order valence-electron chi connectivity index (χ0n) is 18.6. The monoisotopic (exact) mass is 381 g/mol. The second-order valence-electron chi connectivity index (χ2n) is 8.81. The van der Waals surface area contributed by atoms with E-state index in [4.69, 9.17) is 4.74 Å². The fourth-order valence-corrected chi connectivity index (χ4v) is 3.35. The largest absolute Gasteiger partial charge is 0.481 e. The van der Waals surface area contributed by atoms with Crippen LogP contribution >= 0.6 is 0 Å². The molecule has 1 N–H and O–H groups in total. The molecule has 3 nitrogen and oxygen atoms in total. The molecule has 28 heavy (non-hydrogen) atoms. The predicted molar refractivity (Wildman–Crippen MR) is 117 cm³/mol. The molecule has 0 spiro atoms.